The van der Waals surface area contributed by atoms with Gasteiger partial charge in [0.15, 0.2) is 0 Å². The summed E-state index contributed by atoms with van der Waals surface area (Å²) in [4.78, 5) is 0. The minimum absolute atomic E-state index is 0.283. The van der Waals surface area contributed by atoms with Crippen LogP contribution in [0.3, 0.4) is 0 Å². The molecule has 1 rings (SSSR count). The van der Waals surface area contributed by atoms with Gasteiger partial charge in [-0.1, -0.05) is 30.3 Å². The lowest BCUT2D eigenvalue weighted by molar-refractivity contribution is 0.356. The Morgan fingerprint density at radius 3 is 1.78 bits per heavy atom. The average molecular weight is 472 g/mol. The minimum Gasteiger partial charge on any atom is -0.318 e. The van der Waals surface area contributed by atoms with Crippen molar-refractivity contribution in [2.75, 3.05) is 49.7 Å². The third kappa shape index (κ3) is 7.48. The van der Waals surface area contributed by atoms with E-state index < -0.39 is 7.59 Å². The van der Waals surface area contributed by atoms with Crippen molar-refractivity contribution >= 4 is 59.6 Å². The molecule has 0 fully saturated rings. The summed E-state index contributed by atoms with van der Waals surface area (Å²) in [7, 11) is -3.34. The number of benzene rings is 1. The van der Waals surface area contributed by atoms with Gasteiger partial charge in [-0.2, -0.15) is 5.26 Å². The SMILES string of the molecule is N#C/C(=C\NP(=O)(N(CCCl)CCCl)N(CCCl)CCCl)c1ccccc1. The van der Waals surface area contributed by atoms with Crippen LogP contribution in [0.2, 0.25) is 0 Å². The normalized spacial score (nSPS) is 12.4. The molecule has 1 N–H and O–H groups in total. The maximum Gasteiger partial charge on any atom is 0.308 e. The number of rotatable bonds is 13. The monoisotopic (exact) mass is 470 g/mol. The van der Waals surface area contributed by atoms with E-state index >= 15 is 0 Å². The zero-order valence-electron chi connectivity index (χ0n) is 14.8. The van der Waals surface area contributed by atoms with Crippen molar-refractivity contribution in [3.63, 3.8) is 0 Å². The second kappa shape index (κ2) is 13.7. The van der Waals surface area contributed by atoms with Gasteiger partial charge in [0.25, 0.3) is 0 Å². The van der Waals surface area contributed by atoms with Crippen LogP contribution in [0.25, 0.3) is 5.57 Å². The van der Waals surface area contributed by atoms with Crippen LogP contribution >= 0.6 is 54.0 Å². The standard InChI is InChI=1S/C17H23Cl4N4OP/c18-6-10-24(11-7-19)27(26,25(12-8-20)13-9-21)23-15-17(14-22)16-4-2-1-3-5-16/h1-5,15H,6-13H2,(H,23,26)/b17-15+. The van der Waals surface area contributed by atoms with Gasteiger partial charge in [0, 0.05) is 55.9 Å². The zero-order valence-corrected chi connectivity index (χ0v) is 18.7. The third-order valence-electron chi connectivity index (χ3n) is 3.72. The molecule has 0 spiro atoms. The van der Waals surface area contributed by atoms with Crippen LogP contribution in [0, 0.1) is 11.3 Å². The summed E-state index contributed by atoms with van der Waals surface area (Å²) in [5.41, 5.74) is 1.09. The van der Waals surface area contributed by atoms with E-state index in [-0.39, 0.29) is 23.5 Å². The molecule has 0 aliphatic rings. The lowest BCUT2D eigenvalue weighted by Gasteiger charge is -2.38. The average Bonchev–Trinajstić information content (AvgIpc) is 2.69. The molecule has 0 atom stereocenters. The summed E-state index contributed by atoms with van der Waals surface area (Å²) >= 11 is 23.6. The molecule has 0 saturated heterocycles. The van der Waals surface area contributed by atoms with E-state index in [9.17, 15) is 9.83 Å². The second-order valence-corrected chi connectivity index (χ2v) is 9.36. The van der Waals surface area contributed by atoms with Gasteiger partial charge in [-0.3, -0.25) is 4.57 Å². The van der Waals surface area contributed by atoms with Crippen molar-refractivity contribution in [3.8, 4) is 6.07 Å². The zero-order chi connectivity index (χ0) is 20.1. The first-order valence-corrected chi connectivity index (χ1v) is 12.1. The van der Waals surface area contributed by atoms with Crippen molar-refractivity contribution in [1.29, 1.82) is 5.26 Å². The Morgan fingerprint density at radius 2 is 1.41 bits per heavy atom. The van der Waals surface area contributed by atoms with Gasteiger partial charge in [0.1, 0.15) is 6.07 Å². The number of halogens is 4. The largest absolute Gasteiger partial charge is 0.318 e. The van der Waals surface area contributed by atoms with Gasteiger partial charge in [0.2, 0.25) is 0 Å². The molecule has 0 aliphatic carbocycles. The van der Waals surface area contributed by atoms with E-state index in [4.69, 9.17) is 46.4 Å². The van der Waals surface area contributed by atoms with E-state index in [0.717, 1.165) is 5.56 Å². The molecule has 0 heterocycles. The number of hydrogen-bond donors (Lipinski definition) is 1. The predicted octanol–water partition coefficient (Wildman–Crippen LogP) is 4.81. The maximum absolute atomic E-state index is 14.0. The molecule has 0 bridgehead atoms. The Morgan fingerprint density at radius 1 is 0.963 bits per heavy atom. The Hall–Kier alpha value is -0.440. The molecule has 0 aromatic heterocycles. The van der Waals surface area contributed by atoms with Gasteiger partial charge in [-0.15, -0.1) is 46.4 Å². The van der Waals surface area contributed by atoms with E-state index in [2.05, 4.69) is 11.2 Å². The van der Waals surface area contributed by atoms with Crippen molar-refractivity contribution in [2.24, 2.45) is 0 Å². The molecule has 0 aliphatic heterocycles. The fraction of sp³-hybridized carbons (Fsp3) is 0.471. The van der Waals surface area contributed by atoms with Gasteiger partial charge in [-0.25, -0.2) is 9.34 Å². The highest BCUT2D eigenvalue weighted by molar-refractivity contribution is 7.57. The topological polar surface area (TPSA) is 59.4 Å². The second-order valence-electron chi connectivity index (χ2n) is 5.37. The Kier molecular flexibility index (Phi) is 12.5. The first kappa shape index (κ1) is 24.6. The van der Waals surface area contributed by atoms with Crippen LogP contribution in [-0.4, -0.2) is 59.0 Å². The molecular weight excluding hydrogens is 449 g/mol. The first-order valence-electron chi connectivity index (χ1n) is 8.35. The molecule has 150 valence electrons. The summed E-state index contributed by atoms with van der Waals surface area (Å²) in [5.74, 6) is 1.13. The third-order valence-corrected chi connectivity index (χ3v) is 7.19. The van der Waals surface area contributed by atoms with E-state index in [0.29, 0.717) is 31.8 Å². The number of hydrogen-bond acceptors (Lipinski definition) is 2. The number of allylic oxidation sites excluding steroid dienone is 1. The Bertz CT molecular complexity index is 637. The minimum atomic E-state index is -3.34. The van der Waals surface area contributed by atoms with Crippen LogP contribution in [0.1, 0.15) is 5.56 Å². The highest BCUT2D eigenvalue weighted by atomic mass is 35.5. The molecule has 5 nitrogen and oxygen atoms in total. The van der Waals surface area contributed by atoms with E-state index in [1.165, 1.54) is 6.20 Å². The van der Waals surface area contributed by atoms with Crippen molar-refractivity contribution in [3.05, 3.63) is 42.1 Å². The summed E-state index contributed by atoms with van der Waals surface area (Å²) in [6.45, 7) is 1.45. The van der Waals surface area contributed by atoms with Gasteiger partial charge < -0.3 is 5.09 Å². The summed E-state index contributed by atoms with van der Waals surface area (Å²) < 4.78 is 17.4. The predicted molar refractivity (Wildman–Crippen MR) is 117 cm³/mol. The molecule has 0 saturated carbocycles. The highest BCUT2D eigenvalue weighted by Crippen LogP contribution is 2.49. The Balaban J connectivity index is 3.28. The number of nitrogens with one attached hydrogen (secondary N) is 1. The molecule has 0 radical (unpaired) electrons. The number of nitrogens with zero attached hydrogens (tertiary/aromatic N) is 3. The van der Waals surface area contributed by atoms with Crippen LogP contribution in [-0.2, 0) is 4.57 Å². The van der Waals surface area contributed by atoms with Crippen molar-refractivity contribution < 1.29 is 4.57 Å². The fourth-order valence-electron chi connectivity index (χ4n) is 2.44. The number of nitriles is 1. The lowest BCUT2D eigenvalue weighted by Crippen LogP contribution is -2.40. The summed E-state index contributed by atoms with van der Waals surface area (Å²) in [6, 6.07) is 11.3. The number of alkyl halides is 4. The Labute approximate surface area is 181 Å². The van der Waals surface area contributed by atoms with Crippen molar-refractivity contribution in [1.82, 2.24) is 14.4 Å². The van der Waals surface area contributed by atoms with Crippen LogP contribution in [0.4, 0.5) is 0 Å². The summed E-state index contributed by atoms with van der Waals surface area (Å²) in [6.07, 6.45) is 1.47. The molecule has 1 aromatic carbocycles. The smallest absolute Gasteiger partial charge is 0.308 e. The van der Waals surface area contributed by atoms with Gasteiger partial charge in [-0.05, 0) is 5.56 Å². The van der Waals surface area contributed by atoms with Gasteiger partial charge >= 0.3 is 7.59 Å². The molecular formula is C17H23Cl4N4OP. The van der Waals surface area contributed by atoms with Crippen LogP contribution in [0.15, 0.2) is 36.5 Å². The molecule has 0 amide bonds. The highest BCUT2D eigenvalue weighted by Gasteiger charge is 2.35. The fourth-order valence-corrected chi connectivity index (χ4v) is 6.20. The van der Waals surface area contributed by atoms with Crippen LogP contribution < -0.4 is 5.09 Å². The van der Waals surface area contributed by atoms with Gasteiger partial charge in [0.05, 0.1) is 5.57 Å². The molecule has 1 aromatic rings. The molecule has 10 heteroatoms. The lowest BCUT2D eigenvalue weighted by atomic mass is 10.1. The molecule has 27 heavy (non-hydrogen) atoms. The summed E-state index contributed by atoms with van der Waals surface area (Å²) in [5, 5.41) is 12.5. The van der Waals surface area contributed by atoms with E-state index in [1.54, 1.807) is 9.34 Å². The van der Waals surface area contributed by atoms with E-state index in [1.807, 2.05) is 30.3 Å². The first-order chi connectivity index (χ1) is 13.1. The van der Waals surface area contributed by atoms with Crippen LogP contribution in [0.5, 0.6) is 0 Å². The molecule has 0 unspecified atom stereocenters. The quantitative estimate of drug-likeness (QED) is 0.254. The maximum atomic E-state index is 14.0. The van der Waals surface area contributed by atoms with Crippen molar-refractivity contribution in [2.45, 2.75) is 0 Å².